The summed E-state index contributed by atoms with van der Waals surface area (Å²) in [7, 11) is 0. The zero-order valence-corrected chi connectivity index (χ0v) is 17.0. The number of amides is 1. The number of morpholine rings is 1. The first-order chi connectivity index (χ1) is 14.1. The monoisotopic (exact) mass is 393 g/mol. The van der Waals surface area contributed by atoms with Gasteiger partial charge in [0.2, 0.25) is 0 Å². The molecule has 0 saturated carbocycles. The summed E-state index contributed by atoms with van der Waals surface area (Å²) in [6.45, 7) is 7.60. The molecule has 0 radical (unpaired) electrons. The minimum Gasteiger partial charge on any atom is -0.365 e. The minimum atomic E-state index is -0.489. The number of carbonyl (C=O) groups excluding carboxylic acids is 1. The van der Waals surface area contributed by atoms with Crippen molar-refractivity contribution in [2.45, 2.75) is 38.5 Å². The van der Waals surface area contributed by atoms with Crippen molar-refractivity contribution in [3.63, 3.8) is 0 Å². The van der Waals surface area contributed by atoms with Crippen molar-refractivity contribution in [1.82, 2.24) is 15.2 Å². The lowest BCUT2D eigenvalue weighted by Gasteiger charge is -2.41. The summed E-state index contributed by atoms with van der Waals surface area (Å²) >= 11 is 0. The lowest BCUT2D eigenvalue weighted by molar-refractivity contribution is -0.149. The molecule has 152 valence electrons. The van der Waals surface area contributed by atoms with Crippen molar-refractivity contribution in [3.8, 4) is 6.07 Å². The molecule has 1 unspecified atom stereocenters. The van der Waals surface area contributed by atoms with Gasteiger partial charge in [0.15, 0.2) is 6.10 Å². The van der Waals surface area contributed by atoms with E-state index in [-0.39, 0.29) is 12.0 Å². The number of hydrogen-bond donors (Lipinski definition) is 1. The van der Waals surface area contributed by atoms with Crippen LogP contribution in [0.5, 0.6) is 0 Å². The first-order valence-corrected chi connectivity index (χ1v) is 10.3. The van der Waals surface area contributed by atoms with Crippen LogP contribution in [-0.2, 0) is 9.53 Å². The van der Waals surface area contributed by atoms with Gasteiger partial charge in [0.05, 0.1) is 23.7 Å². The van der Waals surface area contributed by atoms with Gasteiger partial charge in [0, 0.05) is 49.5 Å². The number of rotatable bonds is 3. The first-order valence-electron chi connectivity index (χ1n) is 10.3. The van der Waals surface area contributed by atoms with Gasteiger partial charge in [-0.25, -0.2) is 0 Å². The highest BCUT2D eigenvalue weighted by molar-refractivity contribution is 5.95. The predicted octanol–water partition coefficient (Wildman–Crippen LogP) is 1.91. The van der Waals surface area contributed by atoms with E-state index in [2.05, 4.69) is 28.2 Å². The van der Waals surface area contributed by atoms with Gasteiger partial charge >= 0.3 is 0 Å². The highest BCUT2D eigenvalue weighted by Crippen LogP contribution is 2.30. The fourth-order valence-corrected chi connectivity index (χ4v) is 4.31. The first kappa shape index (κ1) is 19.6. The molecule has 2 saturated heterocycles. The van der Waals surface area contributed by atoms with E-state index in [4.69, 9.17) is 4.74 Å². The largest absolute Gasteiger partial charge is 0.365 e. The molecule has 1 N–H and O–H groups in total. The number of piperazine rings is 1. The molecule has 1 aromatic heterocycles. The number of anilines is 1. The van der Waals surface area contributed by atoms with E-state index < -0.39 is 6.10 Å². The smallest absolute Gasteiger partial charge is 0.253 e. The number of fused-ring (bicyclic) bond motifs is 1. The van der Waals surface area contributed by atoms with Gasteiger partial charge < -0.3 is 19.9 Å². The number of nitrogens with one attached hydrogen (secondary N) is 1. The van der Waals surface area contributed by atoms with Crippen LogP contribution in [0.25, 0.3) is 10.9 Å². The quantitative estimate of drug-likeness (QED) is 0.858. The molecular formula is C22H27N5O2. The zero-order valence-electron chi connectivity index (χ0n) is 17.0. The maximum atomic E-state index is 13.2. The Bertz CT molecular complexity index is 940. The average molecular weight is 393 g/mol. The molecule has 1 aromatic carbocycles. The van der Waals surface area contributed by atoms with Gasteiger partial charge in [-0.2, -0.15) is 5.26 Å². The highest BCUT2D eigenvalue weighted by atomic mass is 16.5. The summed E-state index contributed by atoms with van der Waals surface area (Å²) in [5.74, 6) is 0.0672. The van der Waals surface area contributed by atoms with Crippen molar-refractivity contribution in [2.75, 3.05) is 37.6 Å². The third-order valence-electron chi connectivity index (χ3n) is 5.80. The van der Waals surface area contributed by atoms with Crippen molar-refractivity contribution in [1.29, 1.82) is 5.26 Å². The van der Waals surface area contributed by atoms with E-state index in [0.717, 1.165) is 30.6 Å². The molecule has 2 fully saturated rings. The third kappa shape index (κ3) is 3.91. The molecule has 2 aliphatic rings. The van der Waals surface area contributed by atoms with Crippen LogP contribution in [0.15, 0.2) is 30.5 Å². The molecule has 0 spiro atoms. The number of carbonyl (C=O) groups is 1. The Morgan fingerprint density at radius 2 is 2.21 bits per heavy atom. The van der Waals surface area contributed by atoms with E-state index in [0.29, 0.717) is 36.8 Å². The Labute approximate surface area is 171 Å². The molecule has 3 atom stereocenters. The summed E-state index contributed by atoms with van der Waals surface area (Å²) < 4.78 is 6.06. The Morgan fingerprint density at radius 3 is 3.00 bits per heavy atom. The summed E-state index contributed by atoms with van der Waals surface area (Å²) in [6, 6.07) is 10.2. The molecule has 0 bridgehead atoms. The van der Waals surface area contributed by atoms with E-state index in [1.54, 1.807) is 6.20 Å². The molecule has 1 amide bonds. The van der Waals surface area contributed by atoms with Gasteiger partial charge in [-0.05, 0) is 37.6 Å². The molecule has 2 aromatic rings. The van der Waals surface area contributed by atoms with Crippen LogP contribution in [0.4, 0.5) is 5.69 Å². The van der Waals surface area contributed by atoms with Crippen LogP contribution < -0.4 is 10.2 Å². The summed E-state index contributed by atoms with van der Waals surface area (Å²) in [5, 5.41) is 13.8. The molecular weight excluding hydrogens is 366 g/mol. The maximum absolute atomic E-state index is 13.2. The van der Waals surface area contributed by atoms with Crippen molar-refractivity contribution >= 4 is 22.5 Å². The van der Waals surface area contributed by atoms with Gasteiger partial charge in [0.25, 0.3) is 5.91 Å². The van der Waals surface area contributed by atoms with Crippen molar-refractivity contribution in [3.05, 3.63) is 36.0 Å². The third-order valence-corrected chi connectivity index (χ3v) is 5.80. The number of benzene rings is 1. The Hall–Kier alpha value is -2.69. The van der Waals surface area contributed by atoms with Crippen LogP contribution in [0.1, 0.15) is 25.8 Å². The van der Waals surface area contributed by atoms with Crippen LogP contribution in [0.2, 0.25) is 0 Å². The van der Waals surface area contributed by atoms with Crippen LogP contribution >= 0.6 is 0 Å². The standard InChI is InChI=1S/C22H27N5O2/c1-3-17-13-26(10-9-24-17)22(28)20-14-27(12-15(2)29-20)19-7-6-16(11-23)21-18(19)5-4-8-25-21/h4-8,15,17,20,24H,3,9-10,12-14H2,1-2H3/t15-,17?,20-/m1/s1. The number of nitriles is 1. The number of aromatic nitrogens is 1. The molecule has 4 rings (SSSR count). The van der Waals surface area contributed by atoms with Crippen LogP contribution in [0.3, 0.4) is 0 Å². The second-order valence-corrected chi connectivity index (χ2v) is 7.83. The summed E-state index contributed by atoms with van der Waals surface area (Å²) in [4.78, 5) is 21.7. The number of nitrogens with zero attached hydrogens (tertiary/aromatic N) is 4. The molecule has 7 heteroatoms. The second-order valence-electron chi connectivity index (χ2n) is 7.83. The van der Waals surface area contributed by atoms with Crippen LogP contribution in [-0.4, -0.2) is 66.8 Å². The topological polar surface area (TPSA) is 81.5 Å². The van der Waals surface area contributed by atoms with E-state index in [9.17, 15) is 10.1 Å². The van der Waals surface area contributed by atoms with E-state index in [1.807, 2.05) is 36.1 Å². The lowest BCUT2D eigenvalue weighted by atomic mass is 10.1. The van der Waals surface area contributed by atoms with E-state index >= 15 is 0 Å². The summed E-state index contributed by atoms with van der Waals surface area (Å²) in [6.07, 6.45) is 2.15. The number of hydrogen-bond acceptors (Lipinski definition) is 6. The fraction of sp³-hybridized carbons (Fsp3) is 0.500. The Morgan fingerprint density at radius 1 is 1.34 bits per heavy atom. The van der Waals surface area contributed by atoms with E-state index in [1.165, 1.54) is 0 Å². The molecule has 29 heavy (non-hydrogen) atoms. The molecule has 7 nitrogen and oxygen atoms in total. The minimum absolute atomic E-state index is 0.0649. The summed E-state index contributed by atoms with van der Waals surface area (Å²) in [5.41, 5.74) is 2.25. The van der Waals surface area contributed by atoms with Crippen molar-refractivity contribution in [2.24, 2.45) is 0 Å². The van der Waals surface area contributed by atoms with Gasteiger partial charge in [-0.15, -0.1) is 0 Å². The molecule has 2 aliphatic heterocycles. The Balaban J connectivity index is 1.59. The second kappa shape index (κ2) is 8.36. The van der Waals surface area contributed by atoms with Crippen LogP contribution in [0, 0.1) is 11.3 Å². The predicted molar refractivity (Wildman–Crippen MR) is 112 cm³/mol. The molecule has 0 aliphatic carbocycles. The van der Waals surface area contributed by atoms with Gasteiger partial charge in [-0.3, -0.25) is 9.78 Å². The van der Waals surface area contributed by atoms with Gasteiger partial charge in [-0.1, -0.05) is 6.92 Å². The SMILES string of the molecule is CCC1CN(C(=O)[C@H]2CN(c3ccc(C#N)c4ncccc34)C[C@@H](C)O2)CCN1. The zero-order chi connectivity index (χ0) is 20.4. The van der Waals surface area contributed by atoms with Gasteiger partial charge in [0.1, 0.15) is 6.07 Å². The average Bonchev–Trinajstić information content (AvgIpc) is 2.77. The number of pyridine rings is 1. The lowest BCUT2D eigenvalue weighted by Crippen LogP contribution is -2.58. The maximum Gasteiger partial charge on any atom is 0.253 e. The fourth-order valence-electron chi connectivity index (χ4n) is 4.31. The number of ether oxygens (including phenoxy) is 1. The Kier molecular flexibility index (Phi) is 5.65. The van der Waals surface area contributed by atoms with Crippen molar-refractivity contribution < 1.29 is 9.53 Å². The molecule has 3 heterocycles. The normalized spacial score (nSPS) is 25.1. The highest BCUT2D eigenvalue weighted by Gasteiger charge is 2.35.